The Hall–Kier alpha value is -1.76. The Morgan fingerprint density at radius 1 is 1.19 bits per heavy atom. The number of rotatable bonds is 4. The number of hydrogen-bond donors (Lipinski definition) is 1. The lowest BCUT2D eigenvalue weighted by Gasteiger charge is -1.96. The lowest BCUT2D eigenvalue weighted by atomic mass is 10.1. The maximum absolute atomic E-state index is 5.63. The van der Waals surface area contributed by atoms with Crippen LogP contribution in [0.5, 0.6) is 0 Å². The molecule has 0 radical (unpaired) electrons. The van der Waals surface area contributed by atoms with Gasteiger partial charge in [0.2, 0.25) is 0 Å². The molecule has 1 rings (SSSR count). The first-order chi connectivity index (χ1) is 7.76. The minimum absolute atomic E-state index is 0.800. The lowest BCUT2D eigenvalue weighted by molar-refractivity contribution is 1.22. The van der Waals surface area contributed by atoms with Crippen LogP contribution in [0, 0.1) is 0 Å². The Balaban J connectivity index is 2.72. The van der Waals surface area contributed by atoms with Crippen molar-refractivity contribution in [1.29, 1.82) is 0 Å². The van der Waals surface area contributed by atoms with Gasteiger partial charge in [0.15, 0.2) is 0 Å². The number of anilines is 1. The van der Waals surface area contributed by atoms with Gasteiger partial charge < -0.3 is 5.73 Å². The SMILES string of the molecule is C/C=C(\C=C/CC)/C=C/c1ccc(N)cc1. The summed E-state index contributed by atoms with van der Waals surface area (Å²) in [6, 6.07) is 7.86. The van der Waals surface area contributed by atoms with Crippen LogP contribution in [0.15, 0.2) is 54.1 Å². The zero-order chi connectivity index (χ0) is 11.8. The molecule has 0 aliphatic carbocycles. The van der Waals surface area contributed by atoms with Crippen LogP contribution in [0.3, 0.4) is 0 Å². The summed E-state index contributed by atoms with van der Waals surface area (Å²) in [6.45, 7) is 4.18. The van der Waals surface area contributed by atoms with Crippen LogP contribution < -0.4 is 5.73 Å². The Morgan fingerprint density at radius 2 is 1.88 bits per heavy atom. The Labute approximate surface area is 98.0 Å². The summed E-state index contributed by atoms with van der Waals surface area (Å²) in [5.74, 6) is 0. The zero-order valence-electron chi connectivity index (χ0n) is 9.98. The van der Waals surface area contributed by atoms with Crippen molar-refractivity contribution in [2.45, 2.75) is 20.3 Å². The molecule has 0 unspecified atom stereocenters. The highest BCUT2D eigenvalue weighted by Crippen LogP contribution is 2.09. The van der Waals surface area contributed by atoms with Gasteiger partial charge in [-0.15, -0.1) is 0 Å². The average Bonchev–Trinajstić information content (AvgIpc) is 2.32. The second kappa shape index (κ2) is 6.67. The maximum Gasteiger partial charge on any atom is 0.0314 e. The van der Waals surface area contributed by atoms with E-state index < -0.39 is 0 Å². The summed E-state index contributed by atoms with van der Waals surface area (Å²) in [5.41, 5.74) is 8.81. The van der Waals surface area contributed by atoms with E-state index in [1.165, 1.54) is 11.1 Å². The third-order valence-corrected chi connectivity index (χ3v) is 2.28. The predicted molar refractivity (Wildman–Crippen MR) is 73.1 cm³/mol. The van der Waals surface area contributed by atoms with Gasteiger partial charge in [-0.25, -0.2) is 0 Å². The molecule has 16 heavy (non-hydrogen) atoms. The van der Waals surface area contributed by atoms with Gasteiger partial charge in [-0.2, -0.15) is 0 Å². The quantitative estimate of drug-likeness (QED) is 0.589. The largest absolute Gasteiger partial charge is 0.399 e. The first-order valence-electron chi connectivity index (χ1n) is 5.62. The van der Waals surface area contributed by atoms with E-state index in [1.54, 1.807) is 0 Å². The molecule has 0 aromatic heterocycles. The molecule has 84 valence electrons. The van der Waals surface area contributed by atoms with Crippen LogP contribution in [0.25, 0.3) is 6.08 Å². The van der Waals surface area contributed by atoms with Gasteiger partial charge in [0.25, 0.3) is 0 Å². The average molecular weight is 213 g/mol. The molecule has 0 heterocycles. The minimum Gasteiger partial charge on any atom is -0.399 e. The first-order valence-corrected chi connectivity index (χ1v) is 5.62. The molecular weight excluding hydrogens is 194 g/mol. The normalized spacial score (nSPS) is 12.8. The van der Waals surface area contributed by atoms with Gasteiger partial charge in [0.1, 0.15) is 0 Å². The molecule has 0 spiro atoms. The van der Waals surface area contributed by atoms with Gasteiger partial charge in [0, 0.05) is 5.69 Å². The molecular formula is C15H19N. The van der Waals surface area contributed by atoms with Gasteiger partial charge >= 0.3 is 0 Å². The number of nitrogens with two attached hydrogens (primary N) is 1. The van der Waals surface area contributed by atoms with Crippen molar-refractivity contribution >= 4 is 11.8 Å². The summed E-state index contributed by atoms with van der Waals surface area (Å²) in [4.78, 5) is 0. The lowest BCUT2D eigenvalue weighted by Crippen LogP contribution is -1.82. The monoisotopic (exact) mass is 213 g/mol. The molecule has 0 amide bonds. The molecule has 0 aliphatic rings. The van der Waals surface area contributed by atoms with Gasteiger partial charge in [-0.3, -0.25) is 0 Å². The highest BCUT2D eigenvalue weighted by Gasteiger charge is 1.87. The number of nitrogen functional groups attached to an aromatic ring is 1. The van der Waals surface area contributed by atoms with Crippen LogP contribution >= 0.6 is 0 Å². The molecule has 0 bridgehead atoms. The van der Waals surface area contributed by atoms with Crippen molar-refractivity contribution in [2.75, 3.05) is 5.73 Å². The summed E-state index contributed by atoms with van der Waals surface area (Å²) in [6.07, 6.45) is 11.6. The molecule has 0 saturated carbocycles. The third kappa shape index (κ3) is 4.18. The molecule has 1 aromatic rings. The molecule has 0 aliphatic heterocycles. The Morgan fingerprint density at radius 3 is 2.44 bits per heavy atom. The van der Waals surface area contributed by atoms with Crippen LogP contribution in [0.1, 0.15) is 25.8 Å². The van der Waals surface area contributed by atoms with E-state index in [2.05, 4.69) is 37.3 Å². The third-order valence-electron chi connectivity index (χ3n) is 2.28. The van der Waals surface area contributed by atoms with E-state index in [9.17, 15) is 0 Å². The first kappa shape index (κ1) is 12.3. The molecule has 0 atom stereocenters. The maximum atomic E-state index is 5.63. The van der Waals surface area contributed by atoms with Crippen molar-refractivity contribution in [1.82, 2.24) is 0 Å². The second-order valence-electron chi connectivity index (χ2n) is 3.60. The smallest absolute Gasteiger partial charge is 0.0314 e. The summed E-state index contributed by atoms with van der Waals surface area (Å²) >= 11 is 0. The molecule has 1 nitrogen and oxygen atoms in total. The van der Waals surface area contributed by atoms with E-state index >= 15 is 0 Å². The predicted octanol–water partition coefficient (Wildman–Crippen LogP) is 4.19. The highest BCUT2D eigenvalue weighted by molar-refractivity contribution is 5.57. The standard InChI is InChI=1S/C15H19N/c1-3-5-6-13(4-2)7-8-14-9-11-15(16)12-10-14/h4-12H,3,16H2,1-2H3/b6-5-,8-7+,13-4+. The number of benzene rings is 1. The fourth-order valence-corrected chi connectivity index (χ4v) is 1.30. The Bertz CT molecular complexity index is 394. The van der Waals surface area contributed by atoms with Crippen LogP contribution in [0.2, 0.25) is 0 Å². The van der Waals surface area contributed by atoms with Gasteiger partial charge in [-0.05, 0) is 36.6 Å². The highest BCUT2D eigenvalue weighted by atomic mass is 14.5. The number of allylic oxidation sites excluding steroid dienone is 5. The van der Waals surface area contributed by atoms with Crippen LogP contribution in [-0.2, 0) is 0 Å². The molecule has 0 fully saturated rings. The van der Waals surface area contributed by atoms with Gasteiger partial charge in [0.05, 0.1) is 0 Å². The minimum atomic E-state index is 0.800. The van der Waals surface area contributed by atoms with Gasteiger partial charge in [-0.1, -0.05) is 49.4 Å². The topological polar surface area (TPSA) is 26.0 Å². The molecule has 1 heteroatoms. The fraction of sp³-hybridized carbons (Fsp3) is 0.200. The van der Waals surface area contributed by atoms with E-state index in [1.807, 2.05) is 31.2 Å². The summed E-state index contributed by atoms with van der Waals surface area (Å²) in [7, 11) is 0. The van der Waals surface area contributed by atoms with Crippen molar-refractivity contribution in [3.63, 3.8) is 0 Å². The number of hydrogen-bond acceptors (Lipinski definition) is 1. The van der Waals surface area contributed by atoms with Crippen LogP contribution in [-0.4, -0.2) is 0 Å². The molecule has 1 aromatic carbocycles. The van der Waals surface area contributed by atoms with E-state index in [0.29, 0.717) is 0 Å². The zero-order valence-corrected chi connectivity index (χ0v) is 9.98. The van der Waals surface area contributed by atoms with Crippen molar-refractivity contribution in [2.24, 2.45) is 0 Å². The van der Waals surface area contributed by atoms with E-state index in [0.717, 1.165) is 12.1 Å². The van der Waals surface area contributed by atoms with Crippen molar-refractivity contribution in [3.8, 4) is 0 Å². The summed E-state index contributed by atoms with van der Waals surface area (Å²) in [5, 5.41) is 0. The van der Waals surface area contributed by atoms with E-state index in [-0.39, 0.29) is 0 Å². The van der Waals surface area contributed by atoms with Crippen LogP contribution in [0.4, 0.5) is 5.69 Å². The molecule has 0 saturated heterocycles. The van der Waals surface area contributed by atoms with Crippen molar-refractivity contribution < 1.29 is 0 Å². The Kier molecular flexibility index (Phi) is 5.13. The van der Waals surface area contributed by atoms with Crippen molar-refractivity contribution in [3.05, 3.63) is 59.7 Å². The van der Waals surface area contributed by atoms with E-state index in [4.69, 9.17) is 5.73 Å². The summed E-state index contributed by atoms with van der Waals surface area (Å²) < 4.78 is 0. The fourth-order valence-electron chi connectivity index (χ4n) is 1.30. The second-order valence-corrected chi connectivity index (χ2v) is 3.60. The molecule has 2 N–H and O–H groups in total.